The first-order valence-electron chi connectivity index (χ1n) is 13.1. The first-order chi connectivity index (χ1) is 19.6. The Morgan fingerprint density at radius 1 is 1.12 bits per heavy atom. The van der Waals surface area contributed by atoms with Crippen molar-refractivity contribution in [2.24, 2.45) is 17.6 Å². The Kier molecular flexibility index (Phi) is 6.62. The number of rotatable bonds is 5. The number of carbonyl (C=O) groups excluding carboxylic acids is 3. The van der Waals surface area contributed by atoms with Crippen LogP contribution in [0, 0.1) is 22.0 Å². The highest BCUT2D eigenvalue weighted by Crippen LogP contribution is 2.55. The van der Waals surface area contributed by atoms with Gasteiger partial charge in [0.25, 0.3) is 11.6 Å². The maximum atomic E-state index is 14.1. The van der Waals surface area contributed by atoms with Crippen molar-refractivity contribution in [3.05, 3.63) is 68.5 Å². The maximum absolute atomic E-state index is 14.1. The lowest BCUT2D eigenvalue weighted by Crippen LogP contribution is -2.65. The van der Waals surface area contributed by atoms with Crippen molar-refractivity contribution in [1.82, 2.24) is 4.90 Å². The summed E-state index contributed by atoms with van der Waals surface area (Å²) in [5.74, 6) is -7.41. The standard InChI is InChI=1S/C29H30N4O9/c1-31(2)18-11-15(12-6-5-7-14(8-12)33(41)42)23(34)20-16(18)9-13-10-17-22(32(3)4)25(36)21(28(30)39)27(38)29(17,40)26(37)19(13)24(20)35/h5-8,11,13,17,22,34-35,38,40H,9-10H2,1-4H3,(H2,30,39)/t13-,17-,22?,29-/m0/s1. The fourth-order valence-corrected chi connectivity index (χ4v) is 6.70. The van der Waals surface area contributed by atoms with E-state index in [9.17, 15) is 44.9 Å². The summed E-state index contributed by atoms with van der Waals surface area (Å²) in [6.07, 6.45) is 0.0802. The lowest BCUT2D eigenvalue weighted by atomic mass is 9.57. The minimum atomic E-state index is -2.75. The molecule has 3 aliphatic rings. The van der Waals surface area contributed by atoms with Gasteiger partial charge < -0.3 is 31.1 Å². The third-order valence-electron chi connectivity index (χ3n) is 8.55. The molecule has 0 saturated heterocycles. The third-order valence-corrected chi connectivity index (χ3v) is 8.55. The van der Waals surface area contributed by atoms with Crippen molar-refractivity contribution in [3.63, 3.8) is 0 Å². The van der Waals surface area contributed by atoms with Crippen molar-refractivity contribution >= 4 is 34.6 Å². The summed E-state index contributed by atoms with van der Waals surface area (Å²) < 4.78 is 0. The van der Waals surface area contributed by atoms with Crippen LogP contribution in [0.25, 0.3) is 16.9 Å². The molecule has 6 N–H and O–H groups in total. The number of likely N-dealkylation sites (N-methyl/N-ethyl adjacent to an activating group) is 1. The predicted molar refractivity (Wildman–Crippen MR) is 151 cm³/mol. The zero-order valence-corrected chi connectivity index (χ0v) is 23.3. The largest absolute Gasteiger partial charge is 0.508 e. The number of primary amides is 1. The van der Waals surface area contributed by atoms with Crippen LogP contribution in [-0.4, -0.2) is 87.6 Å². The Balaban J connectivity index is 1.77. The molecule has 0 spiro atoms. The van der Waals surface area contributed by atoms with E-state index >= 15 is 0 Å². The van der Waals surface area contributed by atoms with E-state index in [-0.39, 0.29) is 40.8 Å². The molecule has 13 heteroatoms. The molecule has 42 heavy (non-hydrogen) atoms. The van der Waals surface area contributed by atoms with Gasteiger partial charge in [-0.25, -0.2) is 0 Å². The Morgan fingerprint density at radius 2 is 1.79 bits per heavy atom. The zero-order valence-electron chi connectivity index (χ0n) is 23.3. The molecule has 1 fully saturated rings. The first kappa shape index (κ1) is 28.8. The number of fused-ring (bicyclic) bond motifs is 3. The van der Waals surface area contributed by atoms with Gasteiger partial charge in [0, 0.05) is 49.0 Å². The molecule has 1 unspecified atom stereocenters. The normalized spacial score (nSPS) is 25.2. The van der Waals surface area contributed by atoms with Gasteiger partial charge in [-0.3, -0.25) is 29.4 Å². The van der Waals surface area contributed by atoms with Crippen molar-refractivity contribution in [2.75, 3.05) is 33.1 Å². The topological polar surface area (TPSA) is 208 Å². The van der Waals surface area contributed by atoms with Crippen LogP contribution in [0.15, 0.2) is 47.2 Å². The summed E-state index contributed by atoms with van der Waals surface area (Å²) >= 11 is 0. The number of anilines is 1. The SMILES string of the molecule is CN(C)c1cc(-c2cccc([N+](=O)[O-])c2)c(O)c2c1C[C@H]1C[C@H]3C(N(C)C)C(=O)C(C(N)=O)=C(O)[C@@]3(O)C(=O)C1=C2O. The quantitative estimate of drug-likeness (QED) is 0.196. The number of ketones is 2. The van der Waals surface area contributed by atoms with Gasteiger partial charge in [-0.1, -0.05) is 12.1 Å². The molecule has 1 saturated carbocycles. The highest BCUT2D eigenvalue weighted by Gasteiger charge is 2.64. The summed E-state index contributed by atoms with van der Waals surface area (Å²) in [5.41, 5.74) is 2.62. The number of carbonyl (C=O) groups is 3. The molecule has 0 aliphatic heterocycles. The molecule has 4 atom stereocenters. The van der Waals surface area contributed by atoms with E-state index in [2.05, 4.69) is 0 Å². The smallest absolute Gasteiger partial charge is 0.270 e. The van der Waals surface area contributed by atoms with E-state index in [4.69, 9.17) is 5.73 Å². The number of nitrogens with two attached hydrogens (primary N) is 1. The van der Waals surface area contributed by atoms with E-state index < -0.39 is 68.7 Å². The Morgan fingerprint density at radius 3 is 2.36 bits per heavy atom. The molecule has 2 aromatic rings. The van der Waals surface area contributed by atoms with E-state index in [1.54, 1.807) is 31.1 Å². The van der Waals surface area contributed by atoms with Crippen LogP contribution < -0.4 is 10.6 Å². The lowest BCUT2D eigenvalue weighted by molar-refractivity contribution is -0.384. The summed E-state index contributed by atoms with van der Waals surface area (Å²) in [4.78, 5) is 53.5. The van der Waals surface area contributed by atoms with Crippen LogP contribution in [0.4, 0.5) is 11.4 Å². The second-order valence-corrected chi connectivity index (χ2v) is 11.3. The second kappa shape index (κ2) is 9.67. The number of nitro benzene ring substituents is 1. The van der Waals surface area contributed by atoms with Crippen LogP contribution in [0.1, 0.15) is 17.5 Å². The molecule has 2 aromatic carbocycles. The minimum Gasteiger partial charge on any atom is -0.508 e. The van der Waals surface area contributed by atoms with Gasteiger partial charge in [-0.15, -0.1) is 0 Å². The molecule has 3 aliphatic carbocycles. The number of non-ortho nitro benzene ring substituents is 1. The number of hydrogen-bond donors (Lipinski definition) is 5. The van der Waals surface area contributed by atoms with Crippen LogP contribution >= 0.6 is 0 Å². The number of hydrogen-bond acceptors (Lipinski definition) is 11. The molecule has 13 nitrogen and oxygen atoms in total. The molecule has 220 valence electrons. The predicted octanol–water partition coefficient (Wildman–Crippen LogP) is 1.61. The van der Waals surface area contributed by atoms with Crippen molar-refractivity contribution < 1.29 is 39.7 Å². The second-order valence-electron chi connectivity index (χ2n) is 11.3. The van der Waals surface area contributed by atoms with Gasteiger partial charge in [-0.2, -0.15) is 0 Å². The van der Waals surface area contributed by atoms with E-state index in [0.717, 1.165) is 0 Å². The highest BCUT2D eigenvalue weighted by atomic mass is 16.6. The molecule has 5 rings (SSSR count). The highest BCUT2D eigenvalue weighted by molar-refractivity contribution is 6.24. The first-order valence-corrected chi connectivity index (χ1v) is 13.1. The summed E-state index contributed by atoms with van der Waals surface area (Å²) in [6.45, 7) is 0. The molecule has 0 bridgehead atoms. The number of nitro groups is 1. The Hall–Kier alpha value is -4.75. The summed E-state index contributed by atoms with van der Waals surface area (Å²) in [6, 6.07) is 6.02. The van der Waals surface area contributed by atoms with Crippen LogP contribution in [0.2, 0.25) is 0 Å². The summed E-state index contributed by atoms with van der Waals surface area (Å²) in [7, 11) is 6.54. The van der Waals surface area contributed by atoms with Gasteiger partial charge in [0.2, 0.25) is 5.78 Å². The number of aliphatic hydroxyl groups excluding tert-OH is 2. The molecular formula is C29H30N4O9. The number of phenols is 1. The zero-order chi connectivity index (χ0) is 31.0. The molecule has 0 aromatic heterocycles. The number of aromatic hydroxyl groups is 1. The number of Topliss-reactive ketones (excluding diaryl/α,β-unsaturated/α-hetero) is 2. The van der Waals surface area contributed by atoms with Crippen molar-refractivity contribution in [1.29, 1.82) is 0 Å². The van der Waals surface area contributed by atoms with Crippen LogP contribution in [0.5, 0.6) is 5.75 Å². The fourth-order valence-electron chi connectivity index (χ4n) is 6.70. The molecular weight excluding hydrogens is 548 g/mol. The van der Waals surface area contributed by atoms with Crippen LogP contribution in [0.3, 0.4) is 0 Å². The van der Waals surface area contributed by atoms with E-state index in [0.29, 0.717) is 11.3 Å². The van der Waals surface area contributed by atoms with Gasteiger partial charge in [-0.05, 0) is 50.0 Å². The fraction of sp³-hybridized carbons (Fsp3) is 0.345. The average molecular weight is 579 g/mol. The molecule has 1 amide bonds. The number of phenolic OH excluding ortho intramolecular Hbond substituents is 1. The monoisotopic (exact) mass is 578 g/mol. The number of benzene rings is 2. The Bertz CT molecular complexity index is 1660. The maximum Gasteiger partial charge on any atom is 0.270 e. The molecule has 0 heterocycles. The van der Waals surface area contributed by atoms with Gasteiger partial charge in [0.05, 0.1) is 16.5 Å². The number of aliphatic hydroxyl groups is 3. The number of amides is 1. The van der Waals surface area contributed by atoms with Crippen molar-refractivity contribution in [3.8, 4) is 16.9 Å². The van der Waals surface area contributed by atoms with Crippen molar-refractivity contribution in [2.45, 2.75) is 24.5 Å². The average Bonchev–Trinajstić information content (AvgIpc) is 2.90. The number of nitrogens with zero attached hydrogens (tertiary/aromatic N) is 3. The van der Waals surface area contributed by atoms with Gasteiger partial charge in [0.1, 0.15) is 22.8 Å². The van der Waals surface area contributed by atoms with Crippen LogP contribution in [-0.2, 0) is 20.8 Å². The van der Waals surface area contributed by atoms with Gasteiger partial charge in [0.15, 0.2) is 11.4 Å². The van der Waals surface area contributed by atoms with E-state index in [1.165, 1.54) is 37.2 Å². The Labute approximate surface area is 239 Å². The van der Waals surface area contributed by atoms with Gasteiger partial charge >= 0.3 is 0 Å². The summed E-state index contributed by atoms with van der Waals surface area (Å²) in [5, 5.41) is 57.3. The minimum absolute atomic E-state index is 0.0357. The third kappa shape index (κ3) is 3.88. The molecule has 0 radical (unpaired) electrons. The lowest BCUT2D eigenvalue weighted by Gasteiger charge is -2.50. The van der Waals surface area contributed by atoms with E-state index in [1.807, 2.05) is 0 Å².